The van der Waals surface area contributed by atoms with E-state index < -0.39 is 23.5 Å². The summed E-state index contributed by atoms with van der Waals surface area (Å²) in [4.78, 5) is 26.0. The average molecular weight is 537 g/mol. The van der Waals surface area contributed by atoms with E-state index in [9.17, 15) is 22.4 Å². The van der Waals surface area contributed by atoms with Crippen LogP contribution in [0.25, 0.3) is 0 Å². The summed E-state index contributed by atoms with van der Waals surface area (Å²) in [5, 5.41) is 0. The highest BCUT2D eigenvalue weighted by Gasteiger charge is 2.31. The minimum absolute atomic E-state index is 0.106. The molecule has 0 N–H and O–H groups in total. The van der Waals surface area contributed by atoms with Crippen LogP contribution in [0.4, 0.5) is 23.5 Å². The van der Waals surface area contributed by atoms with Gasteiger partial charge < -0.3 is 14.5 Å². The largest absolute Gasteiger partial charge is 0.438 e. The molecule has 1 aromatic heterocycles. The molecule has 6 nitrogen and oxygen atoms in total. The number of anilines is 1. The van der Waals surface area contributed by atoms with Crippen LogP contribution < -0.4 is 9.64 Å². The van der Waals surface area contributed by atoms with Crippen LogP contribution in [0.5, 0.6) is 11.6 Å². The quantitative estimate of drug-likeness (QED) is 0.272. The first-order valence-electron chi connectivity index (χ1n) is 12.2. The van der Waals surface area contributed by atoms with Gasteiger partial charge in [0.05, 0.1) is 23.4 Å². The zero-order chi connectivity index (χ0) is 27.6. The molecule has 0 saturated heterocycles. The number of amides is 1. The van der Waals surface area contributed by atoms with Gasteiger partial charge >= 0.3 is 6.18 Å². The monoisotopic (exact) mass is 536 g/mol. The van der Waals surface area contributed by atoms with E-state index >= 15 is 0 Å². The lowest BCUT2D eigenvalue weighted by molar-refractivity contribution is -0.137. The second-order valence-corrected chi connectivity index (χ2v) is 9.20. The van der Waals surface area contributed by atoms with Gasteiger partial charge in [-0.25, -0.2) is 9.37 Å². The fourth-order valence-electron chi connectivity index (χ4n) is 4.33. The van der Waals surface area contributed by atoms with Gasteiger partial charge in [0.1, 0.15) is 11.6 Å². The van der Waals surface area contributed by atoms with Crippen molar-refractivity contribution in [2.45, 2.75) is 25.7 Å². The number of alkyl halides is 3. The third kappa shape index (κ3) is 6.00. The van der Waals surface area contributed by atoms with E-state index in [1.165, 1.54) is 41.3 Å². The van der Waals surface area contributed by atoms with Crippen molar-refractivity contribution in [3.63, 3.8) is 0 Å². The maximum Gasteiger partial charge on any atom is 0.416 e. The molecule has 3 aromatic carbocycles. The minimum Gasteiger partial charge on any atom is -0.438 e. The van der Waals surface area contributed by atoms with Crippen molar-refractivity contribution in [3.8, 4) is 11.6 Å². The molecule has 4 aromatic rings. The summed E-state index contributed by atoms with van der Waals surface area (Å²) in [6.45, 7) is 0.976. The molecule has 1 aliphatic rings. The lowest BCUT2D eigenvalue weighted by atomic mass is 10.0. The van der Waals surface area contributed by atoms with Crippen LogP contribution in [0, 0.1) is 5.82 Å². The molecule has 0 spiro atoms. The van der Waals surface area contributed by atoms with Gasteiger partial charge in [0.2, 0.25) is 11.8 Å². The summed E-state index contributed by atoms with van der Waals surface area (Å²) < 4.78 is 58.4. The Labute approximate surface area is 222 Å². The first kappa shape index (κ1) is 26.1. The van der Waals surface area contributed by atoms with Gasteiger partial charge in [0.25, 0.3) is 5.91 Å². The zero-order valence-corrected chi connectivity index (χ0v) is 21.0. The number of rotatable bonds is 6. The van der Waals surface area contributed by atoms with Gasteiger partial charge in [0.15, 0.2) is 0 Å². The number of aromatic nitrogens is 2. The Morgan fingerprint density at radius 2 is 1.67 bits per heavy atom. The fourth-order valence-corrected chi connectivity index (χ4v) is 4.33. The summed E-state index contributed by atoms with van der Waals surface area (Å²) in [5.41, 5.74) is 1.68. The van der Waals surface area contributed by atoms with E-state index in [1.807, 2.05) is 42.3 Å². The molecule has 0 radical (unpaired) electrons. The van der Waals surface area contributed by atoms with E-state index in [0.717, 1.165) is 17.7 Å². The van der Waals surface area contributed by atoms with E-state index in [1.54, 1.807) is 0 Å². The Balaban J connectivity index is 1.44. The Morgan fingerprint density at radius 3 is 2.33 bits per heavy atom. The fraction of sp³-hybridized carbons (Fsp3) is 0.207. The number of nitrogens with zero attached hydrogens (tertiary/aromatic N) is 4. The molecule has 5 rings (SSSR count). The maximum absolute atomic E-state index is 13.5. The normalized spacial score (nSPS) is 13.1. The first-order chi connectivity index (χ1) is 18.7. The Hall–Kier alpha value is -4.47. The van der Waals surface area contributed by atoms with E-state index in [0.29, 0.717) is 42.5 Å². The minimum atomic E-state index is -4.49. The molecule has 0 saturated carbocycles. The number of ether oxygens (including phenoxy) is 1. The molecular weight excluding hydrogens is 512 g/mol. The predicted octanol–water partition coefficient (Wildman–Crippen LogP) is 6.26. The smallest absolute Gasteiger partial charge is 0.416 e. The number of hydrogen-bond acceptors (Lipinski definition) is 5. The highest BCUT2D eigenvalue weighted by molar-refractivity contribution is 5.94. The SMILES string of the molecule is CN(Cc1ccccc1)c1nc2c(c(Oc3ccc(F)cc3)n1)CN(C(=O)c1ccc(C(F)(F)F)cc1)CC2. The van der Waals surface area contributed by atoms with Gasteiger partial charge in [0, 0.05) is 32.1 Å². The maximum atomic E-state index is 13.5. The molecule has 0 fully saturated rings. The molecular formula is C29H24F4N4O2. The number of benzene rings is 3. The zero-order valence-electron chi connectivity index (χ0n) is 21.0. The summed E-state index contributed by atoms with van der Waals surface area (Å²) in [6, 6.07) is 19.5. The molecule has 0 unspecified atom stereocenters. The molecule has 0 aliphatic carbocycles. The second-order valence-electron chi connectivity index (χ2n) is 9.20. The van der Waals surface area contributed by atoms with Gasteiger partial charge in [-0.15, -0.1) is 0 Å². The average Bonchev–Trinajstić information content (AvgIpc) is 2.93. The molecule has 0 bridgehead atoms. The number of carbonyl (C=O) groups excluding carboxylic acids is 1. The van der Waals surface area contributed by atoms with Crippen molar-refractivity contribution >= 4 is 11.9 Å². The van der Waals surface area contributed by atoms with Crippen LogP contribution >= 0.6 is 0 Å². The number of halogens is 4. The van der Waals surface area contributed by atoms with Crippen molar-refractivity contribution in [2.75, 3.05) is 18.5 Å². The molecule has 1 aliphatic heterocycles. The molecule has 2 heterocycles. The molecule has 200 valence electrons. The van der Waals surface area contributed by atoms with Crippen LogP contribution in [0.2, 0.25) is 0 Å². The van der Waals surface area contributed by atoms with Gasteiger partial charge in [-0.2, -0.15) is 18.2 Å². The third-order valence-electron chi connectivity index (χ3n) is 6.39. The Bertz CT molecular complexity index is 1460. The lowest BCUT2D eigenvalue weighted by Crippen LogP contribution is -2.37. The van der Waals surface area contributed by atoms with E-state index in [4.69, 9.17) is 9.72 Å². The van der Waals surface area contributed by atoms with Gasteiger partial charge in [-0.1, -0.05) is 30.3 Å². The summed E-state index contributed by atoms with van der Waals surface area (Å²) >= 11 is 0. The number of fused-ring (bicyclic) bond motifs is 1. The van der Waals surface area contributed by atoms with Crippen LogP contribution in [0.15, 0.2) is 78.9 Å². The van der Waals surface area contributed by atoms with E-state index in [2.05, 4.69) is 4.98 Å². The van der Waals surface area contributed by atoms with Crippen molar-refractivity contribution < 1.29 is 27.1 Å². The number of carbonyl (C=O) groups is 1. The van der Waals surface area contributed by atoms with Crippen molar-refractivity contribution in [3.05, 3.63) is 113 Å². The van der Waals surface area contributed by atoms with Crippen LogP contribution in [-0.4, -0.2) is 34.4 Å². The highest BCUT2D eigenvalue weighted by Crippen LogP contribution is 2.33. The van der Waals surface area contributed by atoms with Crippen LogP contribution in [-0.2, 0) is 25.7 Å². The molecule has 39 heavy (non-hydrogen) atoms. The topological polar surface area (TPSA) is 58.6 Å². The van der Waals surface area contributed by atoms with Crippen LogP contribution in [0.1, 0.15) is 32.7 Å². The molecule has 1 amide bonds. The third-order valence-corrected chi connectivity index (χ3v) is 6.39. The lowest BCUT2D eigenvalue weighted by Gasteiger charge is -2.30. The van der Waals surface area contributed by atoms with Crippen molar-refractivity contribution in [1.29, 1.82) is 0 Å². The number of hydrogen-bond donors (Lipinski definition) is 0. The second kappa shape index (κ2) is 10.7. The summed E-state index contributed by atoms with van der Waals surface area (Å²) in [6.07, 6.45) is -4.09. The van der Waals surface area contributed by atoms with Gasteiger partial charge in [-0.05, 0) is 54.1 Å². The Kier molecular flexibility index (Phi) is 7.19. The van der Waals surface area contributed by atoms with Gasteiger partial charge in [-0.3, -0.25) is 4.79 Å². The Morgan fingerprint density at radius 1 is 0.974 bits per heavy atom. The van der Waals surface area contributed by atoms with Crippen molar-refractivity contribution in [2.24, 2.45) is 0 Å². The summed E-state index contributed by atoms with van der Waals surface area (Å²) in [5.74, 6) is 0.194. The summed E-state index contributed by atoms with van der Waals surface area (Å²) in [7, 11) is 1.86. The molecule has 0 atom stereocenters. The standard InChI is InChI=1S/C29H24F4N4O2/c1-36(17-19-5-3-2-4-6-19)28-34-25-15-16-37(27(38)20-7-9-21(10-8-20)29(31,32)33)18-24(25)26(35-28)39-23-13-11-22(30)12-14-23/h2-14H,15-18H2,1H3. The first-order valence-corrected chi connectivity index (χ1v) is 12.2. The highest BCUT2D eigenvalue weighted by atomic mass is 19.4. The molecule has 10 heteroatoms. The predicted molar refractivity (Wildman–Crippen MR) is 137 cm³/mol. The van der Waals surface area contributed by atoms with Crippen LogP contribution in [0.3, 0.4) is 0 Å². The van der Waals surface area contributed by atoms with Crippen molar-refractivity contribution in [1.82, 2.24) is 14.9 Å². The van der Waals surface area contributed by atoms with E-state index in [-0.39, 0.29) is 18.0 Å².